The first kappa shape index (κ1) is 24.9. The van der Waals surface area contributed by atoms with Crippen molar-refractivity contribution in [3.05, 3.63) is 89.0 Å². The molecule has 0 saturated carbocycles. The van der Waals surface area contributed by atoms with Gasteiger partial charge < -0.3 is 15.1 Å². The number of nitrogens with zero attached hydrogens (tertiary/aromatic N) is 4. The van der Waals surface area contributed by atoms with Crippen molar-refractivity contribution >= 4 is 23.0 Å². The Hall–Kier alpha value is -3.82. The zero-order valence-electron chi connectivity index (χ0n) is 22.2. The van der Waals surface area contributed by atoms with Crippen LogP contribution >= 0.6 is 0 Å². The van der Waals surface area contributed by atoms with Crippen LogP contribution in [0.25, 0.3) is 0 Å². The summed E-state index contributed by atoms with van der Waals surface area (Å²) in [6, 6.07) is 25.8. The molecule has 1 unspecified atom stereocenters. The summed E-state index contributed by atoms with van der Waals surface area (Å²) in [7, 11) is 2.17. The van der Waals surface area contributed by atoms with Crippen molar-refractivity contribution in [3.8, 4) is 6.07 Å². The van der Waals surface area contributed by atoms with E-state index in [9.17, 15) is 10.1 Å². The van der Waals surface area contributed by atoms with Crippen LogP contribution in [0.3, 0.4) is 0 Å². The van der Waals surface area contributed by atoms with Gasteiger partial charge in [0.1, 0.15) is 6.07 Å². The standard InChI is InChI=1S/C31H35N5O/c1-31(2,3)30(37)33-24-13-14-27(23(19-24)20-32)35-15-17-36(18-16-35)29-25-10-6-5-9-22(25)21-34(4)28-12-8-7-11-26(28)29/h5-14,19,29H,15-18,21H2,1-4H3,(H,33,37). The van der Waals surface area contributed by atoms with Gasteiger partial charge in [-0.25, -0.2) is 0 Å². The molecule has 2 aliphatic heterocycles. The van der Waals surface area contributed by atoms with Gasteiger partial charge in [-0.2, -0.15) is 5.26 Å². The van der Waals surface area contributed by atoms with Crippen LogP contribution in [-0.4, -0.2) is 44.0 Å². The third kappa shape index (κ3) is 4.92. The van der Waals surface area contributed by atoms with E-state index in [1.54, 1.807) is 6.07 Å². The van der Waals surface area contributed by atoms with Crippen LogP contribution in [0.5, 0.6) is 0 Å². The van der Waals surface area contributed by atoms with Crippen LogP contribution in [0.4, 0.5) is 17.1 Å². The zero-order chi connectivity index (χ0) is 26.2. The smallest absolute Gasteiger partial charge is 0.229 e. The summed E-state index contributed by atoms with van der Waals surface area (Å²) >= 11 is 0. The van der Waals surface area contributed by atoms with Crippen LogP contribution < -0.4 is 15.1 Å². The Balaban J connectivity index is 1.38. The lowest BCUT2D eigenvalue weighted by Gasteiger charge is -2.41. The Labute approximate surface area is 220 Å². The average molecular weight is 494 g/mol. The van der Waals surface area contributed by atoms with Gasteiger partial charge in [0.05, 0.1) is 17.3 Å². The van der Waals surface area contributed by atoms with Crippen molar-refractivity contribution in [2.24, 2.45) is 5.41 Å². The molecule has 0 bridgehead atoms. The van der Waals surface area contributed by atoms with Gasteiger partial charge in [-0.15, -0.1) is 0 Å². The summed E-state index contributed by atoms with van der Waals surface area (Å²) in [6.45, 7) is 9.99. The highest BCUT2D eigenvalue weighted by Crippen LogP contribution is 2.40. The highest BCUT2D eigenvalue weighted by Gasteiger charge is 2.32. The molecule has 1 amide bonds. The minimum atomic E-state index is -0.494. The van der Waals surface area contributed by atoms with Crippen molar-refractivity contribution in [1.82, 2.24) is 4.90 Å². The number of rotatable bonds is 3. The van der Waals surface area contributed by atoms with Crippen LogP contribution in [0.2, 0.25) is 0 Å². The third-order valence-electron chi connectivity index (χ3n) is 7.48. The van der Waals surface area contributed by atoms with E-state index in [0.717, 1.165) is 38.4 Å². The van der Waals surface area contributed by atoms with E-state index < -0.39 is 5.41 Å². The maximum Gasteiger partial charge on any atom is 0.229 e. The van der Waals surface area contributed by atoms with E-state index in [-0.39, 0.29) is 11.9 Å². The van der Waals surface area contributed by atoms with E-state index in [4.69, 9.17) is 0 Å². The SMILES string of the molecule is CN1Cc2ccccc2C(N2CCN(c3ccc(NC(=O)C(C)(C)C)cc3C#N)CC2)c2ccccc21. The largest absolute Gasteiger partial charge is 0.370 e. The number of fused-ring (bicyclic) bond motifs is 2. The van der Waals surface area contributed by atoms with Gasteiger partial charge in [-0.3, -0.25) is 9.69 Å². The van der Waals surface area contributed by atoms with Gasteiger partial charge >= 0.3 is 0 Å². The highest BCUT2D eigenvalue weighted by molar-refractivity contribution is 5.95. The van der Waals surface area contributed by atoms with Gasteiger partial charge in [-0.05, 0) is 41.0 Å². The molecular formula is C31H35N5O. The summed E-state index contributed by atoms with van der Waals surface area (Å²) in [6.07, 6.45) is 0. The van der Waals surface area contributed by atoms with Crippen molar-refractivity contribution < 1.29 is 4.79 Å². The number of para-hydroxylation sites is 1. The normalized spacial score (nSPS) is 17.9. The number of nitriles is 1. The van der Waals surface area contributed by atoms with E-state index in [1.807, 2.05) is 32.9 Å². The lowest BCUT2D eigenvalue weighted by Crippen LogP contribution is -2.48. The molecule has 3 aromatic carbocycles. The number of nitrogens with one attached hydrogen (secondary N) is 1. The number of amides is 1. The highest BCUT2D eigenvalue weighted by atomic mass is 16.2. The third-order valence-corrected chi connectivity index (χ3v) is 7.48. The number of carbonyl (C=O) groups is 1. The lowest BCUT2D eigenvalue weighted by molar-refractivity contribution is -0.123. The van der Waals surface area contributed by atoms with Crippen molar-refractivity contribution in [2.75, 3.05) is 48.3 Å². The van der Waals surface area contributed by atoms with Gasteiger partial charge in [0.2, 0.25) is 5.91 Å². The molecule has 1 N–H and O–H groups in total. The number of hydrogen-bond acceptors (Lipinski definition) is 5. The van der Waals surface area contributed by atoms with Gasteiger partial charge in [-0.1, -0.05) is 63.2 Å². The molecule has 6 heteroatoms. The Morgan fingerprint density at radius 1 is 0.919 bits per heavy atom. The molecule has 5 rings (SSSR count). The van der Waals surface area contributed by atoms with Crippen LogP contribution in [0.15, 0.2) is 66.7 Å². The fourth-order valence-corrected chi connectivity index (χ4v) is 5.43. The summed E-state index contributed by atoms with van der Waals surface area (Å²) in [5.41, 5.74) is 7.06. The van der Waals surface area contributed by atoms with Crippen molar-refractivity contribution in [3.63, 3.8) is 0 Å². The van der Waals surface area contributed by atoms with Crippen LogP contribution in [0.1, 0.15) is 49.1 Å². The maximum absolute atomic E-state index is 12.4. The summed E-state index contributed by atoms with van der Waals surface area (Å²) in [5.74, 6) is -0.0626. The number of carbonyl (C=O) groups excluding carboxylic acids is 1. The molecule has 37 heavy (non-hydrogen) atoms. The Morgan fingerprint density at radius 3 is 2.30 bits per heavy atom. The second kappa shape index (κ2) is 9.91. The van der Waals surface area contributed by atoms with Crippen LogP contribution in [-0.2, 0) is 11.3 Å². The van der Waals surface area contributed by atoms with E-state index in [0.29, 0.717) is 11.3 Å². The number of anilines is 3. The van der Waals surface area contributed by atoms with E-state index >= 15 is 0 Å². The van der Waals surface area contributed by atoms with Crippen LogP contribution in [0, 0.1) is 16.7 Å². The molecule has 2 heterocycles. The molecule has 190 valence electrons. The first-order chi connectivity index (χ1) is 17.8. The summed E-state index contributed by atoms with van der Waals surface area (Å²) < 4.78 is 0. The van der Waals surface area contributed by atoms with Crippen molar-refractivity contribution in [2.45, 2.75) is 33.4 Å². The molecule has 1 atom stereocenters. The monoisotopic (exact) mass is 493 g/mol. The van der Waals surface area contributed by atoms with Gasteiger partial charge in [0, 0.05) is 56.6 Å². The molecule has 1 saturated heterocycles. The fourth-order valence-electron chi connectivity index (χ4n) is 5.43. The molecule has 2 aliphatic rings. The zero-order valence-corrected chi connectivity index (χ0v) is 22.2. The van der Waals surface area contributed by atoms with Gasteiger partial charge in [0.15, 0.2) is 0 Å². The van der Waals surface area contributed by atoms with Crippen molar-refractivity contribution in [1.29, 1.82) is 5.26 Å². The average Bonchev–Trinajstić information content (AvgIpc) is 3.02. The fraction of sp³-hybridized carbons (Fsp3) is 0.355. The predicted molar refractivity (Wildman–Crippen MR) is 150 cm³/mol. The Bertz CT molecular complexity index is 1340. The minimum Gasteiger partial charge on any atom is -0.370 e. The Kier molecular flexibility index (Phi) is 6.66. The molecular weight excluding hydrogens is 458 g/mol. The second-order valence-corrected chi connectivity index (χ2v) is 11.1. The number of piperazine rings is 1. The molecule has 0 aliphatic carbocycles. The summed E-state index contributed by atoms with van der Waals surface area (Å²) in [5, 5.41) is 12.8. The van der Waals surface area contributed by atoms with E-state index in [1.165, 1.54) is 22.4 Å². The molecule has 0 spiro atoms. The second-order valence-electron chi connectivity index (χ2n) is 11.1. The molecule has 0 radical (unpaired) electrons. The first-order valence-corrected chi connectivity index (χ1v) is 13.0. The summed E-state index contributed by atoms with van der Waals surface area (Å²) in [4.78, 5) is 19.6. The topological polar surface area (TPSA) is 62.6 Å². The predicted octanol–water partition coefficient (Wildman–Crippen LogP) is 5.40. The molecule has 3 aromatic rings. The molecule has 1 fully saturated rings. The molecule has 0 aromatic heterocycles. The maximum atomic E-state index is 12.4. The molecule has 6 nitrogen and oxygen atoms in total. The van der Waals surface area contributed by atoms with Gasteiger partial charge in [0.25, 0.3) is 0 Å². The lowest BCUT2D eigenvalue weighted by atomic mass is 9.93. The first-order valence-electron chi connectivity index (χ1n) is 13.0. The van der Waals surface area contributed by atoms with E-state index in [2.05, 4.69) is 81.7 Å². The number of benzene rings is 3. The number of hydrogen-bond donors (Lipinski definition) is 1. The minimum absolute atomic E-state index is 0.0626. The quantitative estimate of drug-likeness (QED) is 0.529. The Morgan fingerprint density at radius 2 is 1.59 bits per heavy atom.